The van der Waals surface area contributed by atoms with Crippen LogP contribution in [0.3, 0.4) is 0 Å². The fraction of sp³-hybridized carbons (Fsp3) is 0.0909. The van der Waals surface area contributed by atoms with E-state index in [1.807, 2.05) is 12.4 Å². The van der Waals surface area contributed by atoms with E-state index in [4.69, 9.17) is 0 Å². The Morgan fingerprint density at radius 1 is 1.27 bits per heavy atom. The second kappa shape index (κ2) is 3.40. The minimum Gasteiger partial charge on any atom is -0.245 e. The van der Waals surface area contributed by atoms with E-state index in [1.165, 1.54) is 10.3 Å². The third-order valence-corrected chi connectivity index (χ3v) is 3.74. The molecule has 0 saturated carbocycles. The molecule has 0 spiro atoms. The van der Waals surface area contributed by atoms with Gasteiger partial charge in [0.2, 0.25) is 0 Å². The van der Waals surface area contributed by atoms with E-state index in [-0.39, 0.29) is 0 Å². The molecule has 3 rings (SSSR count). The highest BCUT2D eigenvalue weighted by Crippen LogP contribution is 2.27. The lowest BCUT2D eigenvalue weighted by molar-refractivity contribution is 1.34. The second-order valence-electron chi connectivity index (χ2n) is 3.29. The first-order chi connectivity index (χ1) is 7.33. The summed E-state index contributed by atoms with van der Waals surface area (Å²) in [6.45, 7) is 2.03. The first-order valence-corrected chi connectivity index (χ1v) is 6.34. The van der Waals surface area contributed by atoms with Crippen molar-refractivity contribution in [2.45, 2.75) is 6.92 Å². The average molecular weight is 232 g/mol. The van der Waals surface area contributed by atoms with Crippen molar-refractivity contribution in [3.05, 3.63) is 34.1 Å². The van der Waals surface area contributed by atoms with Crippen LogP contribution in [0.1, 0.15) is 5.01 Å². The molecule has 4 heteroatoms. The Morgan fingerprint density at radius 2 is 2.20 bits per heavy atom. The number of nitrogens with zero attached hydrogens (tertiary/aromatic N) is 2. The van der Waals surface area contributed by atoms with Crippen LogP contribution in [0.4, 0.5) is 0 Å². The van der Waals surface area contributed by atoms with Crippen molar-refractivity contribution in [3.8, 4) is 11.3 Å². The highest BCUT2D eigenvalue weighted by molar-refractivity contribution is 7.18. The number of fused-ring (bicyclic) bond motifs is 1. The summed E-state index contributed by atoms with van der Waals surface area (Å²) in [6.07, 6.45) is 0. The Kier molecular flexibility index (Phi) is 2.04. The summed E-state index contributed by atoms with van der Waals surface area (Å²) in [5.41, 5.74) is 5.16. The number of rotatable bonds is 1. The SMILES string of the molecule is Cc1nc2ccc(-c3cscn3)cc2s1. The molecular formula is C11H8N2S2. The lowest BCUT2D eigenvalue weighted by Crippen LogP contribution is -1.76. The van der Waals surface area contributed by atoms with Crippen LogP contribution in [0, 0.1) is 6.92 Å². The van der Waals surface area contributed by atoms with E-state index in [0.29, 0.717) is 0 Å². The summed E-state index contributed by atoms with van der Waals surface area (Å²) in [6, 6.07) is 6.30. The minimum atomic E-state index is 1.05. The predicted octanol–water partition coefficient (Wildman–Crippen LogP) is 3.73. The van der Waals surface area contributed by atoms with Crippen LogP contribution in [-0.2, 0) is 0 Å². The predicted molar refractivity (Wildman–Crippen MR) is 65.5 cm³/mol. The van der Waals surface area contributed by atoms with Crippen LogP contribution in [0.5, 0.6) is 0 Å². The molecule has 2 aromatic heterocycles. The van der Waals surface area contributed by atoms with Crippen LogP contribution < -0.4 is 0 Å². The number of aryl methyl sites for hydroxylation is 1. The van der Waals surface area contributed by atoms with E-state index in [9.17, 15) is 0 Å². The Hall–Kier alpha value is -1.26. The maximum absolute atomic E-state index is 4.44. The summed E-state index contributed by atoms with van der Waals surface area (Å²) < 4.78 is 1.23. The van der Waals surface area contributed by atoms with Gasteiger partial charge in [0, 0.05) is 10.9 Å². The van der Waals surface area contributed by atoms with Crippen molar-refractivity contribution in [2.24, 2.45) is 0 Å². The van der Waals surface area contributed by atoms with E-state index in [1.54, 1.807) is 22.7 Å². The summed E-state index contributed by atoms with van der Waals surface area (Å²) in [5, 5.41) is 3.18. The van der Waals surface area contributed by atoms with Gasteiger partial charge in [0.25, 0.3) is 0 Å². The van der Waals surface area contributed by atoms with E-state index >= 15 is 0 Å². The number of aromatic nitrogens is 2. The molecule has 0 aliphatic heterocycles. The largest absolute Gasteiger partial charge is 0.245 e. The molecule has 0 amide bonds. The van der Waals surface area contributed by atoms with Gasteiger partial charge in [0.05, 0.1) is 26.4 Å². The van der Waals surface area contributed by atoms with Gasteiger partial charge in [-0.2, -0.15) is 0 Å². The molecule has 15 heavy (non-hydrogen) atoms. The average Bonchev–Trinajstić information content (AvgIpc) is 2.82. The molecule has 0 bridgehead atoms. The second-order valence-corrected chi connectivity index (χ2v) is 5.24. The van der Waals surface area contributed by atoms with E-state index in [2.05, 4.69) is 33.5 Å². The quantitative estimate of drug-likeness (QED) is 0.639. The highest BCUT2D eigenvalue weighted by Gasteiger charge is 2.04. The van der Waals surface area contributed by atoms with Gasteiger partial charge in [-0.25, -0.2) is 9.97 Å². The number of thiazole rings is 2. The Bertz CT molecular complexity index is 596. The van der Waals surface area contributed by atoms with Crippen LogP contribution >= 0.6 is 22.7 Å². The van der Waals surface area contributed by atoms with Gasteiger partial charge in [-0.15, -0.1) is 22.7 Å². The molecular weight excluding hydrogens is 224 g/mol. The summed E-state index contributed by atoms with van der Waals surface area (Å²) >= 11 is 3.35. The van der Waals surface area contributed by atoms with Crippen LogP contribution in [-0.4, -0.2) is 9.97 Å². The Morgan fingerprint density at radius 3 is 3.00 bits per heavy atom. The molecule has 0 N–H and O–H groups in total. The van der Waals surface area contributed by atoms with Crippen molar-refractivity contribution in [3.63, 3.8) is 0 Å². The highest BCUT2D eigenvalue weighted by atomic mass is 32.1. The van der Waals surface area contributed by atoms with Gasteiger partial charge in [-0.1, -0.05) is 6.07 Å². The maximum Gasteiger partial charge on any atom is 0.0907 e. The zero-order valence-corrected chi connectivity index (χ0v) is 9.73. The molecule has 0 aliphatic rings. The molecule has 0 saturated heterocycles. The van der Waals surface area contributed by atoms with Crippen LogP contribution in [0.2, 0.25) is 0 Å². The third kappa shape index (κ3) is 1.56. The molecule has 0 aliphatic carbocycles. The van der Waals surface area contributed by atoms with Gasteiger partial charge in [-0.05, 0) is 19.1 Å². The molecule has 3 aromatic rings. The van der Waals surface area contributed by atoms with Crippen LogP contribution in [0.15, 0.2) is 29.1 Å². The van der Waals surface area contributed by atoms with E-state index < -0.39 is 0 Å². The monoisotopic (exact) mass is 232 g/mol. The van der Waals surface area contributed by atoms with Crippen molar-refractivity contribution in [1.82, 2.24) is 9.97 Å². The van der Waals surface area contributed by atoms with Gasteiger partial charge < -0.3 is 0 Å². The zero-order valence-electron chi connectivity index (χ0n) is 8.10. The Labute approximate surface area is 95.3 Å². The molecule has 2 nitrogen and oxygen atoms in total. The van der Waals surface area contributed by atoms with Crippen LogP contribution in [0.25, 0.3) is 21.5 Å². The van der Waals surface area contributed by atoms with E-state index in [0.717, 1.165) is 16.2 Å². The van der Waals surface area contributed by atoms with Crippen molar-refractivity contribution < 1.29 is 0 Å². The standard InChI is InChI=1S/C11H8N2S2/c1-7-13-9-3-2-8(4-11(9)15-7)10-5-14-6-12-10/h2-6H,1H3. The topological polar surface area (TPSA) is 25.8 Å². The molecule has 0 atom stereocenters. The summed E-state index contributed by atoms with van der Waals surface area (Å²) in [4.78, 5) is 8.74. The normalized spacial score (nSPS) is 11.0. The first-order valence-electron chi connectivity index (χ1n) is 4.59. The molecule has 0 radical (unpaired) electrons. The van der Waals surface area contributed by atoms with Crippen molar-refractivity contribution >= 4 is 32.9 Å². The van der Waals surface area contributed by atoms with Crippen molar-refractivity contribution in [2.75, 3.05) is 0 Å². The number of hydrogen-bond acceptors (Lipinski definition) is 4. The molecule has 0 unspecified atom stereocenters. The van der Waals surface area contributed by atoms with Crippen molar-refractivity contribution in [1.29, 1.82) is 0 Å². The molecule has 0 fully saturated rings. The number of hydrogen-bond donors (Lipinski definition) is 0. The smallest absolute Gasteiger partial charge is 0.0907 e. The van der Waals surface area contributed by atoms with Gasteiger partial charge in [0.1, 0.15) is 0 Å². The van der Waals surface area contributed by atoms with Gasteiger partial charge in [0.15, 0.2) is 0 Å². The fourth-order valence-electron chi connectivity index (χ4n) is 1.55. The first kappa shape index (κ1) is 9.00. The lowest BCUT2D eigenvalue weighted by Gasteiger charge is -1.95. The van der Waals surface area contributed by atoms with Gasteiger partial charge >= 0.3 is 0 Å². The zero-order chi connectivity index (χ0) is 10.3. The summed E-state index contributed by atoms with van der Waals surface area (Å²) in [7, 11) is 0. The molecule has 74 valence electrons. The Balaban J connectivity index is 2.21. The molecule has 2 heterocycles. The van der Waals surface area contributed by atoms with Gasteiger partial charge in [-0.3, -0.25) is 0 Å². The minimum absolute atomic E-state index is 1.05. The number of benzene rings is 1. The molecule has 1 aromatic carbocycles. The maximum atomic E-state index is 4.44. The third-order valence-electron chi connectivity index (χ3n) is 2.22. The lowest BCUT2D eigenvalue weighted by atomic mass is 10.2. The summed E-state index contributed by atoms with van der Waals surface area (Å²) in [5.74, 6) is 0. The fourth-order valence-corrected chi connectivity index (χ4v) is 2.98.